The highest BCUT2D eigenvalue weighted by atomic mass is 16.3. The van der Waals surface area contributed by atoms with Crippen molar-refractivity contribution in [2.75, 3.05) is 0 Å². The molecule has 186 valence electrons. The molecule has 5 aromatic rings. The molecule has 4 heteroatoms. The molecule has 0 fully saturated rings. The van der Waals surface area contributed by atoms with Gasteiger partial charge in [-0.1, -0.05) is 85.5 Å². The van der Waals surface area contributed by atoms with Crippen LogP contribution in [0.25, 0.3) is 27.5 Å². The Bertz CT molecular complexity index is 1750. The third kappa shape index (κ3) is 3.17. The largest absolute Gasteiger partial charge is 0.508 e. The summed E-state index contributed by atoms with van der Waals surface area (Å²) in [6, 6.07) is 28.1. The van der Waals surface area contributed by atoms with Crippen LogP contribution in [0.4, 0.5) is 0 Å². The second-order valence-electron chi connectivity index (χ2n) is 9.66. The maximum Gasteiger partial charge on any atom is 0.127 e. The van der Waals surface area contributed by atoms with E-state index < -0.39 is 5.41 Å². The quantitative estimate of drug-likeness (QED) is 0.193. The first kappa shape index (κ1) is 23.4. The Labute approximate surface area is 220 Å². The van der Waals surface area contributed by atoms with Crippen LogP contribution in [0.3, 0.4) is 0 Å². The van der Waals surface area contributed by atoms with Gasteiger partial charge >= 0.3 is 0 Å². The molecule has 0 spiro atoms. The second-order valence-corrected chi connectivity index (χ2v) is 9.66. The first-order valence-corrected chi connectivity index (χ1v) is 12.4. The summed E-state index contributed by atoms with van der Waals surface area (Å²) in [6.07, 6.45) is 3.63. The number of phenolic OH excluding ortho intramolecular Hbond substituents is 4. The maximum absolute atomic E-state index is 10.8. The minimum atomic E-state index is -0.938. The predicted molar refractivity (Wildman–Crippen MR) is 152 cm³/mol. The fourth-order valence-corrected chi connectivity index (χ4v) is 6.14. The Morgan fingerprint density at radius 2 is 1.24 bits per heavy atom. The standard InChI is InChI=1S/C34H26O4/c1-3-9-28(26-16-21(35)18-32(37)20(26)2)34(31-15-8-12-25-27(31)17-22(36)19-33(25)38)29-13-6-4-10-23(29)24-11-5-7-14-30(24)34/h3-19,35-38H,1H2,2H3/b28-9+. The van der Waals surface area contributed by atoms with Crippen LogP contribution in [0.2, 0.25) is 0 Å². The van der Waals surface area contributed by atoms with Gasteiger partial charge in [-0.15, -0.1) is 0 Å². The summed E-state index contributed by atoms with van der Waals surface area (Å²) in [5.74, 6) is -0.131. The summed E-state index contributed by atoms with van der Waals surface area (Å²) < 4.78 is 0. The minimum absolute atomic E-state index is 0.0158. The zero-order valence-electron chi connectivity index (χ0n) is 20.8. The average molecular weight is 499 g/mol. The SMILES string of the molecule is C=C/C=C(\c1cc(O)cc(O)c1C)C1(c2cccc3c(O)cc(O)cc23)c2ccccc2-c2ccccc21. The van der Waals surface area contributed by atoms with Crippen molar-refractivity contribution in [2.45, 2.75) is 12.3 Å². The van der Waals surface area contributed by atoms with Crippen LogP contribution in [0.5, 0.6) is 23.0 Å². The van der Waals surface area contributed by atoms with E-state index in [0.29, 0.717) is 21.9 Å². The normalized spacial score (nSPS) is 13.8. The molecule has 1 aliphatic carbocycles. The van der Waals surface area contributed by atoms with Gasteiger partial charge in [-0.25, -0.2) is 0 Å². The molecular weight excluding hydrogens is 472 g/mol. The molecule has 0 saturated heterocycles. The van der Waals surface area contributed by atoms with Crippen molar-refractivity contribution in [1.29, 1.82) is 0 Å². The van der Waals surface area contributed by atoms with Gasteiger partial charge in [0.25, 0.3) is 0 Å². The molecular formula is C34H26O4. The van der Waals surface area contributed by atoms with E-state index in [1.807, 2.05) is 55.5 Å². The molecule has 0 radical (unpaired) electrons. The van der Waals surface area contributed by atoms with E-state index in [1.54, 1.807) is 18.2 Å². The van der Waals surface area contributed by atoms with E-state index in [4.69, 9.17) is 0 Å². The van der Waals surface area contributed by atoms with Crippen molar-refractivity contribution in [1.82, 2.24) is 0 Å². The van der Waals surface area contributed by atoms with Crippen molar-refractivity contribution in [3.8, 4) is 34.1 Å². The molecule has 0 heterocycles. The number of fused-ring (bicyclic) bond motifs is 4. The molecule has 0 bridgehead atoms. The summed E-state index contributed by atoms with van der Waals surface area (Å²) in [5, 5.41) is 44.0. The minimum Gasteiger partial charge on any atom is -0.508 e. The fourth-order valence-electron chi connectivity index (χ4n) is 6.14. The van der Waals surface area contributed by atoms with Gasteiger partial charge in [0.1, 0.15) is 23.0 Å². The van der Waals surface area contributed by atoms with Gasteiger partial charge in [-0.3, -0.25) is 0 Å². The Balaban J connectivity index is 1.88. The monoisotopic (exact) mass is 498 g/mol. The second kappa shape index (κ2) is 8.56. The highest BCUT2D eigenvalue weighted by Crippen LogP contribution is 2.60. The summed E-state index contributed by atoms with van der Waals surface area (Å²) in [5.41, 5.74) is 6.10. The van der Waals surface area contributed by atoms with E-state index in [9.17, 15) is 20.4 Å². The van der Waals surface area contributed by atoms with E-state index in [2.05, 4.69) is 30.8 Å². The number of allylic oxidation sites excluding steroid dienone is 3. The average Bonchev–Trinajstić information content (AvgIpc) is 3.20. The number of hydrogen-bond donors (Lipinski definition) is 4. The van der Waals surface area contributed by atoms with E-state index in [-0.39, 0.29) is 23.0 Å². The molecule has 0 amide bonds. The van der Waals surface area contributed by atoms with Crippen LogP contribution >= 0.6 is 0 Å². The lowest BCUT2D eigenvalue weighted by Gasteiger charge is -2.37. The van der Waals surface area contributed by atoms with E-state index in [0.717, 1.165) is 33.4 Å². The number of aromatic hydroxyl groups is 4. The summed E-state index contributed by atoms with van der Waals surface area (Å²) in [6.45, 7) is 5.84. The lowest BCUT2D eigenvalue weighted by atomic mass is 9.63. The first-order valence-electron chi connectivity index (χ1n) is 12.4. The number of phenols is 4. The van der Waals surface area contributed by atoms with Crippen LogP contribution in [0.1, 0.15) is 27.8 Å². The lowest BCUT2D eigenvalue weighted by molar-refractivity contribution is 0.447. The predicted octanol–water partition coefficient (Wildman–Crippen LogP) is 7.56. The molecule has 0 aromatic heterocycles. The highest BCUT2D eigenvalue weighted by molar-refractivity contribution is 6.03. The first-order chi connectivity index (χ1) is 18.4. The van der Waals surface area contributed by atoms with Crippen LogP contribution in [-0.2, 0) is 5.41 Å². The van der Waals surface area contributed by atoms with Gasteiger partial charge in [0, 0.05) is 17.5 Å². The van der Waals surface area contributed by atoms with Crippen LogP contribution in [0, 0.1) is 6.92 Å². The highest BCUT2D eigenvalue weighted by Gasteiger charge is 2.48. The molecule has 0 atom stereocenters. The number of hydrogen-bond acceptors (Lipinski definition) is 4. The smallest absolute Gasteiger partial charge is 0.127 e. The molecule has 0 unspecified atom stereocenters. The fraction of sp³-hybridized carbons (Fsp3) is 0.0588. The van der Waals surface area contributed by atoms with Crippen molar-refractivity contribution < 1.29 is 20.4 Å². The van der Waals surface area contributed by atoms with Crippen molar-refractivity contribution in [2.24, 2.45) is 0 Å². The third-order valence-corrected chi connectivity index (χ3v) is 7.66. The zero-order valence-corrected chi connectivity index (χ0v) is 20.8. The lowest BCUT2D eigenvalue weighted by Crippen LogP contribution is -2.29. The van der Waals surface area contributed by atoms with Crippen LogP contribution in [-0.4, -0.2) is 20.4 Å². The van der Waals surface area contributed by atoms with Gasteiger partial charge in [-0.05, 0) is 69.0 Å². The van der Waals surface area contributed by atoms with Gasteiger partial charge in [0.2, 0.25) is 0 Å². The number of benzene rings is 5. The maximum atomic E-state index is 10.8. The van der Waals surface area contributed by atoms with Gasteiger partial charge in [0.15, 0.2) is 0 Å². The molecule has 0 saturated carbocycles. The van der Waals surface area contributed by atoms with Gasteiger partial charge in [-0.2, -0.15) is 0 Å². The Hall–Kier alpha value is -4.96. The van der Waals surface area contributed by atoms with Crippen LogP contribution in [0.15, 0.2) is 110 Å². The van der Waals surface area contributed by atoms with Gasteiger partial charge < -0.3 is 20.4 Å². The Morgan fingerprint density at radius 1 is 0.658 bits per heavy atom. The molecule has 38 heavy (non-hydrogen) atoms. The van der Waals surface area contributed by atoms with Crippen molar-refractivity contribution >= 4 is 16.3 Å². The summed E-state index contributed by atoms with van der Waals surface area (Å²) in [7, 11) is 0. The Kier molecular flexibility index (Phi) is 5.28. The number of rotatable bonds is 4. The summed E-state index contributed by atoms with van der Waals surface area (Å²) in [4.78, 5) is 0. The topological polar surface area (TPSA) is 80.9 Å². The van der Waals surface area contributed by atoms with Crippen LogP contribution < -0.4 is 0 Å². The molecule has 0 aliphatic heterocycles. The van der Waals surface area contributed by atoms with Gasteiger partial charge in [0.05, 0.1) is 5.41 Å². The summed E-state index contributed by atoms with van der Waals surface area (Å²) >= 11 is 0. The molecule has 4 nitrogen and oxygen atoms in total. The Morgan fingerprint density at radius 3 is 1.89 bits per heavy atom. The van der Waals surface area contributed by atoms with E-state index in [1.165, 1.54) is 12.1 Å². The molecule has 6 rings (SSSR count). The third-order valence-electron chi connectivity index (χ3n) is 7.66. The van der Waals surface area contributed by atoms with Crippen molar-refractivity contribution in [3.05, 3.63) is 138 Å². The van der Waals surface area contributed by atoms with E-state index >= 15 is 0 Å². The van der Waals surface area contributed by atoms with Crippen molar-refractivity contribution in [3.63, 3.8) is 0 Å². The molecule has 5 aromatic carbocycles. The molecule has 1 aliphatic rings. The molecule has 4 N–H and O–H groups in total. The zero-order chi connectivity index (χ0) is 26.6.